The molecular weight excluding hydrogens is 326 g/mol. The molecule has 0 amide bonds. The molecule has 1 fully saturated rings. The number of aromatic hydroxyl groups is 1. The molecule has 1 aromatic carbocycles. The van der Waals surface area contributed by atoms with Crippen molar-refractivity contribution in [1.82, 2.24) is 0 Å². The quantitative estimate of drug-likeness (QED) is 0.827. The van der Waals surface area contributed by atoms with Crippen molar-refractivity contribution in [2.45, 2.75) is 38.9 Å². The monoisotopic (exact) mass is 342 g/mol. The van der Waals surface area contributed by atoms with Crippen LogP contribution in [-0.2, 0) is 9.31 Å². The topological polar surface area (TPSA) is 38.7 Å². The van der Waals surface area contributed by atoms with Crippen LogP contribution in [0.4, 0.5) is 4.39 Å². The molecule has 1 aromatic rings. The standard InChI is InChI=1S/C14H17BBrFO3/c1-13(2)14(3,4)20-15(19-13)6-5-9-7-10(16)8-11(17)12(9)18/h5-8,18H,1-4H3. The van der Waals surface area contributed by atoms with Gasteiger partial charge in [-0.2, -0.15) is 0 Å². The summed E-state index contributed by atoms with van der Waals surface area (Å²) >= 11 is 3.19. The maximum atomic E-state index is 13.4. The molecule has 1 aliphatic rings. The second kappa shape index (κ2) is 5.17. The van der Waals surface area contributed by atoms with Crippen molar-refractivity contribution >= 4 is 29.1 Å². The second-order valence-corrected chi connectivity index (χ2v) is 6.72. The molecule has 1 heterocycles. The highest BCUT2D eigenvalue weighted by atomic mass is 79.9. The van der Waals surface area contributed by atoms with Gasteiger partial charge in [-0.15, -0.1) is 0 Å². The van der Waals surface area contributed by atoms with E-state index in [-0.39, 0.29) is 5.75 Å². The highest BCUT2D eigenvalue weighted by molar-refractivity contribution is 9.10. The second-order valence-electron chi connectivity index (χ2n) is 5.81. The van der Waals surface area contributed by atoms with E-state index >= 15 is 0 Å². The molecule has 20 heavy (non-hydrogen) atoms. The number of phenolic OH excluding ortho intramolecular Hbond substituents is 1. The number of rotatable bonds is 2. The van der Waals surface area contributed by atoms with Gasteiger partial charge in [-0.1, -0.05) is 28.0 Å². The van der Waals surface area contributed by atoms with E-state index in [1.807, 2.05) is 27.7 Å². The summed E-state index contributed by atoms with van der Waals surface area (Å²) in [6.07, 6.45) is 1.59. The van der Waals surface area contributed by atoms with Crippen LogP contribution in [-0.4, -0.2) is 23.4 Å². The number of hydrogen-bond donors (Lipinski definition) is 1. The van der Waals surface area contributed by atoms with Crippen LogP contribution in [0.15, 0.2) is 22.6 Å². The SMILES string of the molecule is CC1(C)OB(C=Cc2cc(Br)cc(F)c2O)OC1(C)C. The Morgan fingerprint density at radius 3 is 2.30 bits per heavy atom. The van der Waals surface area contributed by atoms with Gasteiger partial charge in [0, 0.05) is 10.0 Å². The van der Waals surface area contributed by atoms with Gasteiger partial charge in [-0.25, -0.2) is 4.39 Å². The lowest BCUT2D eigenvalue weighted by atomic mass is 9.89. The zero-order valence-corrected chi connectivity index (χ0v) is 13.5. The van der Waals surface area contributed by atoms with Gasteiger partial charge in [-0.05, 0) is 39.8 Å². The van der Waals surface area contributed by atoms with Crippen molar-refractivity contribution in [3.05, 3.63) is 34.0 Å². The van der Waals surface area contributed by atoms with Crippen LogP contribution in [0.5, 0.6) is 5.75 Å². The summed E-state index contributed by atoms with van der Waals surface area (Å²) in [6, 6.07) is 2.83. The summed E-state index contributed by atoms with van der Waals surface area (Å²) < 4.78 is 25.5. The zero-order chi connectivity index (χ0) is 15.1. The van der Waals surface area contributed by atoms with E-state index in [1.165, 1.54) is 6.07 Å². The van der Waals surface area contributed by atoms with Gasteiger partial charge in [0.05, 0.1) is 11.2 Å². The Hall–Kier alpha value is -0.845. The lowest BCUT2D eigenvalue weighted by Crippen LogP contribution is -2.41. The lowest BCUT2D eigenvalue weighted by Gasteiger charge is -2.32. The maximum absolute atomic E-state index is 13.4. The predicted molar refractivity (Wildman–Crippen MR) is 80.9 cm³/mol. The fraction of sp³-hybridized carbons (Fsp3) is 0.429. The van der Waals surface area contributed by atoms with Crippen LogP contribution < -0.4 is 0 Å². The summed E-state index contributed by atoms with van der Waals surface area (Å²) in [7, 11) is -0.526. The number of phenols is 1. The maximum Gasteiger partial charge on any atom is 0.487 e. The van der Waals surface area contributed by atoms with E-state index in [1.54, 1.807) is 18.1 Å². The van der Waals surface area contributed by atoms with Crippen LogP contribution >= 0.6 is 15.9 Å². The molecule has 0 atom stereocenters. The average Bonchev–Trinajstić information content (AvgIpc) is 2.50. The highest BCUT2D eigenvalue weighted by Crippen LogP contribution is 2.37. The van der Waals surface area contributed by atoms with E-state index in [9.17, 15) is 9.50 Å². The minimum absolute atomic E-state index is 0.367. The van der Waals surface area contributed by atoms with Gasteiger partial charge in [0.25, 0.3) is 0 Å². The molecule has 0 saturated carbocycles. The molecule has 6 heteroatoms. The third kappa shape index (κ3) is 2.92. The predicted octanol–water partition coefficient (Wildman–Crippen LogP) is 3.94. The van der Waals surface area contributed by atoms with Crippen molar-refractivity contribution in [1.29, 1.82) is 0 Å². The normalized spacial score (nSPS) is 20.8. The first kappa shape index (κ1) is 15.5. The molecule has 3 nitrogen and oxygen atoms in total. The van der Waals surface area contributed by atoms with Gasteiger partial charge >= 0.3 is 7.12 Å². The molecule has 1 N–H and O–H groups in total. The van der Waals surface area contributed by atoms with Crippen LogP contribution in [0.25, 0.3) is 6.08 Å². The molecule has 0 aliphatic carbocycles. The molecular formula is C14H17BBrFO3. The minimum atomic E-state index is -0.673. The van der Waals surface area contributed by atoms with Crippen molar-refractivity contribution in [2.24, 2.45) is 0 Å². The summed E-state index contributed by atoms with van der Waals surface area (Å²) in [5, 5.41) is 9.67. The number of hydrogen-bond acceptors (Lipinski definition) is 3. The zero-order valence-electron chi connectivity index (χ0n) is 11.9. The van der Waals surface area contributed by atoms with Gasteiger partial charge in [0.1, 0.15) is 0 Å². The summed E-state index contributed by atoms with van der Waals surface area (Å²) in [6.45, 7) is 7.82. The van der Waals surface area contributed by atoms with Crippen molar-refractivity contribution in [2.75, 3.05) is 0 Å². The molecule has 1 saturated heterocycles. The van der Waals surface area contributed by atoms with Gasteiger partial charge in [-0.3, -0.25) is 0 Å². The minimum Gasteiger partial charge on any atom is -0.504 e. The highest BCUT2D eigenvalue weighted by Gasteiger charge is 2.50. The van der Waals surface area contributed by atoms with Gasteiger partial charge in [0.15, 0.2) is 11.6 Å². The average molecular weight is 343 g/mol. The Balaban J connectivity index is 2.20. The van der Waals surface area contributed by atoms with Crippen LogP contribution in [0.2, 0.25) is 0 Å². The van der Waals surface area contributed by atoms with Crippen molar-refractivity contribution in [3.63, 3.8) is 0 Å². The van der Waals surface area contributed by atoms with E-state index in [0.29, 0.717) is 10.0 Å². The Morgan fingerprint density at radius 1 is 1.20 bits per heavy atom. The smallest absolute Gasteiger partial charge is 0.487 e. The Labute approximate surface area is 127 Å². The molecule has 0 bridgehead atoms. The van der Waals surface area contributed by atoms with E-state index in [0.717, 1.165) is 0 Å². The number of benzene rings is 1. The largest absolute Gasteiger partial charge is 0.504 e. The summed E-state index contributed by atoms with van der Waals surface area (Å²) in [5.41, 5.74) is -0.481. The van der Waals surface area contributed by atoms with Gasteiger partial charge < -0.3 is 14.4 Å². The Kier molecular flexibility index (Phi) is 4.02. The fourth-order valence-electron chi connectivity index (χ4n) is 1.86. The molecule has 0 radical (unpaired) electrons. The first-order valence-electron chi connectivity index (χ1n) is 6.34. The Morgan fingerprint density at radius 2 is 1.75 bits per heavy atom. The van der Waals surface area contributed by atoms with Crippen molar-refractivity contribution in [3.8, 4) is 5.75 Å². The first-order chi connectivity index (χ1) is 9.12. The van der Waals surface area contributed by atoms with E-state index < -0.39 is 24.1 Å². The Bertz CT molecular complexity index is 542. The van der Waals surface area contributed by atoms with Crippen LogP contribution in [0.1, 0.15) is 33.3 Å². The molecule has 108 valence electrons. The molecule has 1 aliphatic heterocycles. The fourth-order valence-corrected chi connectivity index (χ4v) is 2.31. The first-order valence-corrected chi connectivity index (χ1v) is 7.13. The molecule has 0 unspecified atom stereocenters. The van der Waals surface area contributed by atoms with Crippen molar-refractivity contribution < 1.29 is 18.8 Å². The molecule has 0 aromatic heterocycles. The molecule has 0 spiro atoms. The van der Waals surface area contributed by atoms with Crippen LogP contribution in [0.3, 0.4) is 0 Å². The van der Waals surface area contributed by atoms with E-state index in [4.69, 9.17) is 9.31 Å². The lowest BCUT2D eigenvalue weighted by molar-refractivity contribution is 0.00578. The summed E-state index contributed by atoms with van der Waals surface area (Å²) in [4.78, 5) is 0. The van der Waals surface area contributed by atoms with Crippen LogP contribution in [0, 0.1) is 5.82 Å². The summed E-state index contributed by atoms with van der Waals surface area (Å²) in [5.74, 6) is 0.603. The third-order valence-electron chi connectivity index (χ3n) is 3.76. The van der Waals surface area contributed by atoms with Gasteiger partial charge in [0.2, 0.25) is 0 Å². The van der Waals surface area contributed by atoms with E-state index in [2.05, 4.69) is 15.9 Å². The number of halogens is 2. The molecule has 2 rings (SSSR count). The third-order valence-corrected chi connectivity index (χ3v) is 4.22.